The predicted octanol–water partition coefficient (Wildman–Crippen LogP) is 8.34. The Labute approximate surface area is 300 Å². The van der Waals surface area contributed by atoms with E-state index < -0.39 is 11.7 Å². The maximum absolute atomic E-state index is 14.4. The maximum Gasteiger partial charge on any atom is 0.410 e. The van der Waals surface area contributed by atoms with Crippen molar-refractivity contribution in [2.45, 2.75) is 53.2 Å². The molecule has 1 aliphatic rings. The van der Waals surface area contributed by atoms with Crippen molar-refractivity contribution in [2.24, 2.45) is 0 Å². The van der Waals surface area contributed by atoms with Gasteiger partial charge in [0.2, 0.25) is 0 Å². The molecule has 1 fully saturated rings. The van der Waals surface area contributed by atoms with E-state index in [2.05, 4.69) is 10.6 Å². The van der Waals surface area contributed by atoms with Crippen LogP contribution in [0.4, 0.5) is 14.9 Å². The first-order chi connectivity index (χ1) is 24.3. The lowest BCUT2D eigenvalue weighted by molar-refractivity contribution is -0.115. The van der Waals surface area contributed by atoms with Gasteiger partial charge in [-0.3, -0.25) is 9.59 Å². The topological polar surface area (TPSA) is 91.0 Å². The second-order valence-electron chi connectivity index (χ2n) is 13.8. The SMILES string of the molecule is CCNc1cc(C)c(/C(C(=O)NC)=C(\C)c2ccc(F)cc2)cc1-c1cccc(C(=O)N2CCN(C(=O)OC(C)(C)C)CC2c2ccccc2)c1. The van der Waals surface area contributed by atoms with Crippen molar-refractivity contribution < 1.29 is 23.5 Å². The zero-order chi connectivity index (χ0) is 36.9. The van der Waals surface area contributed by atoms with E-state index in [0.717, 1.165) is 39.1 Å². The number of piperazine rings is 1. The number of likely N-dealkylation sites (N-methyl/N-ethyl adjacent to an activating group) is 1. The smallest absolute Gasteiger partial charge is 0.410 e. The summed E-state index contributed by atoms with van der Waals surface area (Å²) in [7, 11) is 1.59. The number of nitrogens with one attached hydrogen (secondary N) is 2. The largest absolute Gasteiger partial charge is 0.444 e. The number of nitrogens with zero attached hydrogens (tertiary/aromatic N) is 2. The number of ether oxygens (including phenoxy) is 1. The minimum Gasteiger partial charge on any atom is -0.444 e. The summed E-state index contributed by atoms with van der Waals surface area (Å²) in [6.45, 7) is 13.0. The summed E-state index contributed by atoms with van der Waals surface area (Å²) in [6, 6.07) is 27.0. The average molecular weight is 691 g/mol. The molecular formula is C42H47FN4O4. The number of hydrogen-bond acceptors (Lipinski definition) is 5. The molecule has 0 aliphatic carbocycles. The van der Waals surface area contributed by atoms with Crippen molar-refractivity contribution in [2.75, 3.05) is 38.5 Å². The third kappa shape index (κ3) is 8.48. The van der Waals surface area contributed by atoms with Crippen molar-refractivity contribution in [3.05, 3.63) is 125 Å². The fourth-order valence-corrected chi connectivity index (χ4v) is 6.48. The summed E-state index contributed by atoms with van der Waals surface area (Å²) in [5, 5.41) is 6.24. The molecule has 1 unspecified atom stereocenters. The van der Waals surface area contributed by atoms with Gasteiger partial charge in [-0.1, -0.05) is 54.6 Å². The molecule has 1 atom stereocenters. The second kappa shape index (κ2) is 15.6. The molecule has 0 radical (unpaired) electrons. The quantitative estimate of drug-likeness (QED) is 0.143. The van der Waals surface area contributed by atoms with E-state index in [1.807, 2.05) is 113 Å². The highest BCUT2D eigenvalue weighted by atomic mass is 19.1. The molecule has 266 valence electrons. The van der Waals surface area contributed by atoms with Gasteiger partial charge in [-0.25, -0.2) is 9.18 Å². The molecule has 51 heavy (non-hydrogen) atoms. The first-order valence-electron chi connectivity index (χ1n) is 17.3. The van der Waals surface area contributed by atoms with Gasteiger partial charge in [0, 0.05) is 50.0 Å². The molecule has 5 rings (SSSR count). The van der Waals surface area contributed by atoms with Gasteiger partial charge < -0.3 is 25.2 Å². The lowest BCUT2D eigenvalue weighted by Gasteiger charge is -2.42. The van der Waals surface area contributed by atoms with Crippen LogP contribution in [0.5, 0.6) is 0 Å². The van der Waals surface area contributed by atoms with Crippen LogP contribution < -0.4 is 10.6 Å². The van der Waals surface area contributed by atoms with E-state index in [4.69, 9.17) is 4.74 Å². The van der Waals surface area contributed by atoms with Crippen molar-refractivity contribution in [1.82, 2.24) is 15.1 Å². The van der Waals surface area contributed by atoms with Crippen LogP contribution in [0.1, 0.15) is 73.3 Å². The highest BCUT2D eigenvalue weighted by Gasteiger charge is 2.36. The summed E-state index contributed by atoms with van der Waals surface area (Å²) in [4.78, 5) is 44.4. The summed E-state index contributed by atoms with van der Waals surface area (Å²) in [5.74, 6) is -0.760. The van der Waals surface area contributed by atoms with Crippen LogP contribution in [0.15, 0.2) is 91.0 Å². The summed E-state index contributed by atoms with van der Waals surface area (Å²) in [6.07, 6.45) is -0.400. The molecule has 1 heterocycles. The number of rotatable bonds is 8. The Balaban J connectivity index is 1.56. The van der Waals surface area contributed by atoms with E-state index in [0.29, 0.717) is 42.9 Å². The van der Waals surface area contributed by atoms with Gasteiger partial charge in [0.15, 0.2) is 0 Å². The van der Waals surface area contributed by atoms with Crippen molar-refractivity contribution >= 4 is 34.7 Å². The molecule has 1 saturated heterocycles. The summed E-state index contributed by atoms with van der Waals surface area (Å²) in [5.41, 5.74) is 6.84. The molecule has 0 aromatic heterocycles. The van der Waals surface area contributed by atoms with Crippen molar-refractivity contribution in [3.63, 3.8) is 0 Å². The highest BCUT2D eigenvalue weighted by molar-refractivity contribution is 6.27. The molecule has 4 aromatic carbocycles. The molecule has 1 aliphatic heterocycles. The molecule has 0 saturated carbocycles. The van der Waals surface area contributed by atoms with Gasteiger partial charge in [0.25, 0.3) is 11.8 Å². The summed E-state index contributed by atoms with van der Waals surface area (Å²) < 4.78 is 19.5. The van der Waals surface area contributed by atoms with E-state index in [-0.39, 0.29) is 23.7 Å². The van der Waals surface area contributed by atoms with Crippen molar-refractivity contribution in [1.29, 1.82) is 0 Å². The van der Waals surface area contributed by atoms with Gasteiger partial charge in [-0.2, -0.15) is 0 Å². The summed E-state index contributed by atoms with van der Waals surface area (Å²) >= 11 is 0. The van der Waals surface area contributed by atoms with E-state index in [9.17, 15) is 18.8 Å². The molecule has 0 bridgehead atoms. The van der Waals surface area contributed by atoms with Crippen LogP contribution in [0, 0.1) is 12.7 Å². The number of amides is 3. The van der Waals surface area contributed by atoms with Gasteiger partial charge in [0.05, 0.1) is 11.6 Å². The lowest BCUT2D eigenvalue weighted by Crippen LogP contribution is -2.53. The minimum atomic E-state index is -0.634. The number of carbonyl (C=O) groups is 3. The molecule has 4 aromatic rings. The molecule has 9 heteroatoms. The Morgan fingerprint density at radius 3 is 2.25 bits per heavy atom. The number of carbonyl (C=O) groups excluding carboxylic acids is 3. The average Bonchev–Trinajstić information content (AvgIpc) is 3.12. The third-order valence-electron chi connectivity index (χ3n) is 9.01. The Morgan fingerprint density at radius 2 is 1.61 bits per heavy atom. The minimum absolute atomic E-state index is 0.148. The fourth-order valence-electron chi connectivity index (χ4n) is 6.48. The van der Waals surface area contributed by atoms with Gasteiger partial charge in [-0.15, -0.1) is 0 Å². The van der Waals surface area contributed by atoms with Crippen LogP contribution in [0.25, 0.3) is 22.3 Å². The second-order valence-corrected chi connectivity index (χ2v) is 13.8. The van der Waals surface area contributed by atoms with Crippen LogP contribution in [-0.4, -0.2) is 66.5 Å². The highest BCUT2D eigenvalue weighted by Crippen LogP contribution is 2.37. The predicted molar refractivity (Wildman–Crippen MR) is 202 cm³/mol. The van der Waals surface area contributed by atoms with Crippen LogP contribution in [0.3, 0.4) is 0 Å². The van der Waals surface area contributed by atoms with Gasteiger partial charge in [0.1, 0.15) is 11.4 Å². The maximum atomic E-state index is 14.4. The van der Waals surface area contributed by atoms with Gasteiger partial charge in [-0.05, 0) is 111 Å². The Morgan fingerprint density at radius 1 is 0.902 bits per heavy atom. The molecule has 3 amide bonds. The van der Waals surface area contributed by atoms with E-state index >= 15 is 0 Å². The van der Waals surface area contributed by atoms with E-state index in [1.54, 1.807) is 24.1 Å². The standard InChI is InChI=1S/C42H47FN4O4/c1-8-45-36-23-27(2)34(38(39(48)44-7)28(3)29-17-19-33(43)20-18-29)25-35(36)31-15-12-16-32(24-31)40(49)47-22-21-46(41(50)51-42(4,5)6)26-37(47)30-13-10-9-11-14-30/h9-20,23-25,37,45H,8,21-22,26H2,1-7H3,(H,44,48)/b38-28-. The lowest BCUT2D eigenvalue weighted by atomic mass is 9.88. The Hall–Kier alpha value is -5.44. The van der Waals surface area contributed by atoms with Gasteiger partial charge >= 0.3 is 6.09 Å². The molecule has 8 nitrogen and oxygen atoms in total. The Bertz CT molecular complexity index is 1930. The zero-order valence-corrected chi connectivity index (χ0v) is 30.5. The number of allylic oxidation sites excluding steroid dienone is 1. The third-order valence-corrected chi connectivity index (χ3v) is 9.01. The number of benzene rings is 4. The molecule has 0 spiro atoms. The van der Waals surface area contributed by atoms with E-state index in [1.165, 1.54) is 12.1 Å². The normalized spacial score (nSPS) is 15.2. The first-order valence-corrected chi connectivity index (χ1v) is 17.3. The van der Waals surface area contributed by atoms with Crippen molar-refractivity contribution in [3.8, 4) is 11.1 Å². The zero-order valence-electron chi connectivity index (χ0n) is 30.5. The van der Waals surface area contributed by atoms with Crippen LogP contribution in [0.2, 0.25) is 0 Å². The van der Waals surface area contributed by atoms with Crippen LogP contribution in [-0.2, 0) is 9.53 Å². The Kier molecular flexibility index (Phi) is 11.3. The fraction of sp³-hybridized carbons (Fsp3) is 0.310. The first kappa shape index (κ1) is 36.8. The van der Waals surface area contributed by atoms with Crippen LogP contribution >= 0.6 is 0 Å². The molecular weight excluding hydrogens is 643 g/mol. The number of aryl methyl sites for hydroxylation is 1. The number of hydrogen-bond donors (Lipinski definition) is 2. The number of halogens is 1. The monoisotopic (exact) mass is 690 g/mol. The molecule has 2 N–H and O–H groups in total. The number of anilines is 1.